The van der Waals surface area contributed by atoms with Crippen LogP contribution >= 0.6 is 0 Å². The molecular weight excluding hydrogens is 371 g/mol. The Kier molecular flexibility index (Phi) is 6.15. The predicted octanol–water partition coefficient (Wildman–Crippen LogP) is 3.81. The molecule has 3 amide bonds. The van der Waals surface area contributed by atoms with Gasteiger partial charge >= 0.3 is 12.2 Å². The highest BCUT2D eigenvalue weighted by molar-refractivity contribution is 5.80. The van der Waals surface area contributed by atoms with Crippen molar-refractivity contribution in [3.63, 3.8) is 0 Å². The van der Waals surface area contributed by atoms with E-state index in [1.165, 1.54) is 12.1 Å². The molecule has 154 valence electrons. The van der Waals surface area contributed by atoms with Gasteiger partial charge in [-0.2, -0.15) is 13.2 Å². The van der Waals surface area contributed by atoms with Gasteiger partial charge in [0.05, 0.1) is 11.6 Å². The third-order valence-corrected chi connectivity index (χ3v) is 5.61. The van der Waals surface area contributed by atoms with Gasteiger partial charge in [0, 0.05) is 32.1 Å². The lowest BCUT2D eigenvalue weighted by Crippen LogP contribution is -2.47. The van der Waals surface area contributed by atoms with Crippen LogP contribution in [0.3, 0.4) is 0 Å². The third-order valence-electron chi connectivity index (χ3n) is 5.61. The summed E-state index contributed by atoms with van der Waals surface area (Å²) in [6.07, 6.45) is -1.07. The van der Waals surface area contributed by atoms with Crippen LogP contribution in [0.2, 0.25) is 0 Å². The van der Waals surface area contributed by atoms with Gasteiger partial charge in [-0.15, -0.1) is 0 Å². The van der Waals surface area contributed by atoms with Crippen molar-refractivity contribution < 1.29 is 22.8 Å². The van der Waals surface area contributed by atoms with Crippen LogP contribution in [-0.4, -0.2) is 47.9 Å². The molecule has 0 saturated carbocycles. The molecule has 2 aliphatic rings. The van der Waals surface area contributed by atoms with Gasteiger partial charge in [-0.3, -0.25) is 4.79 Å². The average Bonchev–Trinajstić information content (AvgIpc) is 3.21. The highest BCUT2D eigenvalue weighted by Crippen LogP contribution is 2.30. The van der Waals surface area contributed by atoms with Crippen LogP contribution in [0.1, 0.15) is 49.8 Å². The normalized spacial score (nSPS) is 19.6. The van der Waals surface area contributed by atoms with E-state index in [9.17, 15) is 22.8 Å². The molecule has 1 atom stereocenters. The van der Waals surface area contributed by atoms with E-state index in [-0.39, 0.29) is 23.9 Å². The summed E-state index contributed by atoms with van der Waals surface area (Å²) in [5.41, 5.74) is -0.0761. The zero-order chi connectivity index (χ0) is 20.3. The molecule has 2 fully saturated rings. The highest BCUT2D eigenvalue weighted by Gasteiger charge is 2.32. The molecule has 1 N–H and O–H groups in total. The van der Waals surface area contributed by atoms with E-state index in [1.54, 1.807) is 6.92 Å². The predicted molar refractivity (Wildman–Crippen MR) is 98.5 cm³/mol. The molecule has 0 bridgehead atoms. The number of urea groups is 1. The number of halogens is 3. The van der Waals surface area contributed by atoms with Gasteiger partial charge in [0.1, 0.15) is 0 Å². The molecule has 2 heterocycles. The van der Waals surface area contributed by atoms with Crippen molar-refractivity contribution in [2.24, 2.45) is 5.92 Å². The first-order valence-corrected chi connectivity index (χ1v) is 9.77. The summed E-state index contributed by atoms with van der Waals surface area (Å²) in [5.74, 6) is -0.291. The maximum absolute atomic E-state index is 12.7. The fourth-order valence-corrected chi connectivity index (χ4v) is 3.82. The number of amides is 3. The van der Waals surface area contributed by atoms with E-state index in [4.69, 9.17) is 0 Å². The van der Waals surface area contributed by atoms with E-state index >= 15 is 0 Å². The number of hydrogen-bond acceptors (Lipinski definition) is 2. The van der Waals surface area contributed by atoms with Crippen molar-refractivity contribution in [3.8, 4) is 0 Å². The Labute approximate surface area is 162 Å². The molecule has 2 saturated heterocycles. The number of nitrogens with zero attached hydrogens (tertiary/aromatic N) is 2. The second kappa shape index (κ2) is 8.41. The maximum atomic E-state index is 12.7. The molecule has 1 aromatic carbocycles. The summed E-state index contributed by atoms with van der Waals surface area (Å²) in [4.78, 5) is 28.6. The van der Waals surface area contributed by atoms with Gasteiger partial charge < -0.3 is 15.1 Å². The molecule has 8 heteroatoms. The lowest BCUT2D eigenvalue weighted by Gasteiger charge is -2.34. The Morgan fingerprint density at radius 1 is 1.00 bits per heavy atom. The molecule has 0 radical (unpaired) electrons. The lowest BCUT2D eigenvalue weighted by molar-refractivity contribution is -0.137. The third kappa shape index (κ3) is 4.77. The molecule has 0 aliphatic carbocycles. The molecule has 5 nitrogen and oxygen atoms in total. The number of piperidine rings is 1. The standard InChI is InChI=1S/C20H26F3N3O2/c1-14(15-4-6-17(7-5-15)20(21,22)23)24-18(27)16-8-12-26(13-9-16)19(28)25-10-2-3-11-25/h4-7,14,16H,2-3,8-13H2,1H3,(H,24,27)/t14-/m0/s1. The summed E-state index contributed by atoms with van der Waals surface area (Å²) >= 11 is 0. The van der Waals surface area contributed by atoms with Crippen molar-refractivity contribution in [2.45, 2.75) is 44.8 Å². The van der Waals surface area contributed by atoms with E-state index in [0.29, 0.717) is 31.5 Å². The number of likely N-dealkylation sites (tertiary alicyclic amines) is 2. The maximum Gasteiger partial charge on any atom is 0.416 e. The molecule has 2 aliphatic heterocycles. The second-order valence-electron chi connectivity index (χ2n) is 7.59. The number of benzene rings is 1. The van der Waals surface area contributed by atoms with Gasteiger partial charge in [-0.05, 0) is 50.3 Å². The van der Waals surface area contributed by atoms with E-state index in [0.717, 1.165) is 38.1 Å². The number of nitrogens with one attached hydrogen (secondary N) is 1. The minimum absolute atomic E-state index is 0.0643. The van der Waals surface area contributed by atoms with Crippen LogP contribution in [0.5, 0.6) is 0 Å². The minimum atomic E-state index is -4.37. The Morgan fingerprint density at radius 2 is 1.54 bits per heavy atom. The molecule has 1 aromatic rings. The van der Waals surface area contributed by atoms with Crippen molar-refractivity contribution in [1.82, 2.24) is 15.1 Å². The molecule has 3 rings (SSSR count). The smallest absolute Gasteiger partial charge is 0.349 e. The SMILES string of the molecule is C[C@H](NC(=O)C1CCN(C(=O)N2CCCC2)CC1)c1ccc(C(F)(F)F)cc1. The molecule has 0 aromatic heterocycles. The first-order chi connectivity index (χ1) is 13.3. The quantitative estimate of drug-likeness (QED) is 0.843. The van der Waals surface area contributed by atoms with E-state index in [2.05, 4.69) is 5.32 Å². The Balaban J connectivity index is 1.49. The number of rotatable bonds is 3. The summed E-state index contributed by atoms with van der Waals surface area (Å²) in [6.45, 7) is 4.49. The largest absolute Gasteiger partial charge is 0.416 e. The van der Waals surface area contributed by atoms with Crippen LogP contribution in [0.15, 0.2) is 24.3 Å². The average molecular weight is 397 g/mol. The van der Waals surface area contributed by atoms with Gasteiger partial charge in [-0.1, -0.05) is 12.1 Å². The van der Waals surface area contributed by atoms with Crippen molar-refractivity contribution in [1.29, 1.82) is 0 Å². The highest BCUT2D eigenvalue weighted by atomic mass is 19.4. The van der Waals surface area contributed by atoms with E-state index in [1.807, 2.05) is 9.80 Å². The topological polar surface area (TPSA) is 52.7 Å². The zero-order valence-corrected chi connectivity index (χ0v) is 16.0. The fraction of sp³-hybridized carbons (Fsp3) is 0.600. The monoisotopic (exact) mass is 397 g/mol. The molecule has 0 unspecified atom stereocenters. The van der Waals surface area contributed by atoms with Gasteiger partial charge in [-0.25, -0.2) is 4.79 Å². The first kappa shape index (κ1) is 20.5. The summed E-state index contributed by atoms with van der Waals surface area (Å²) in [6, 6.07) is 4.53. The van der Waals surface area contributed by atoms with E-state index < -0.39 is 11.7 Å². The number of hydrogen-bond donors (Lipinski definition) is 1. The fourth-order valence-electron chi connectivity index (χ4n) is 3.82. The Morgan fingerprint density at radius 3 is 2.07 bits per heavy atom. The van der Waals surface area contributed by atoms with Crippen molar-refractivity contribution >= 4 is 11.9 Å². The lowest BCUT2D eigenvalue weighted by atomic mass is 9.95. The van der Waals surface area contributed by atoms with Crippen LogP contribution in [0, 0.1) is 5.92 Å². The van der Waals surface area contributed by atoms with Crippen molar-refractivity contribution in [3.05, 3.63) is 35.4 Å². The molecule has 0 spiro atoms. The molecule has 28 heavy (non-hydrogen) atoms. The summed E-state index contributed by atoms with van der Waals surface area (Å²) in [7, 11) is 0. The van der Waals surface area contributed by atoms with Crippen LogP contribution < -0.4 is 5.32 Å². The summed E-state index contributed by atoms with van der Waals surface area (Å²) in [5, 5.41) is 2.89. The van der Waals surface area contributed by atoms with Crippen LogP contribution in [0.25, 0.3) is 0 Å². The van der Waals surface area contributed by atoms with Crippen LogP contribution in [-0.2, 0) is 11.0 Å². The number of carbonyl (C=O) groups is 2. The van der Waals surface area contributed by atoms with Crippen LogP contribution in [0.4, 0.5) is 18.0 Å². The second-order valence-corrected chi connectivity index (χ2v) is 7.59. The first-order valence-electron chi connectivity index (χ1n) is 9.77. The Bertz CT molecular complexity index is 692. The van der Waals surface area contributed by atoms with Gasteiger partial charge in [0.2, 0.25) is 5.91 Å². The zero-order valence-electron chi connectivity index (χ0n) is 16.0. The van der Waals surface area contributed by atoms with Gasteiger partial charge in [0.25, 0.3) is 0 Å². The number of carbonyl (C=O) groups excluding carboxylic acids is 2. The van der Waals surface area contributed by atoms with Gasteiger partial charge in [0.15, 0.2) is 0 Å². The Hall–Kier alpha value is -2.25. The van der Waals surface area contributed by atoms with Crippen molar-refractivity contribution in [2.75, 3.05) is 26.2 Å². The minimum Gasteiger partial charge on any atom is -0.349 e. The molecular formula is C20H26F3N3O2. The summed E-state index contributed by atoms with van der Waals surface area (Å²) < 4.78 is 38.0. The number of alkyl halides is 3.